The molecule has 1 heterocycles. The Labute approximate surface area is 121 Å². The van der Waals surface area contributed by atoms with Gasteiger partial charge in [-0.15, -0.1) is 11.6 Å². The van der Waals surface area contributed by atoms with Crippen molar-refractivity contribution in [3.63, 3.8) is 0 Å². The van der Waals surface area contributed by atoms with Crippen molar-refractivity contribution in [2.45, 2.75) is 16.7 Å². The van der Waals surface area contributed by atoms with Crippen molar-refractivity contribution in [2.75, 3.05) is 30.5 Å². The van der Waals surface area contributed by atoms with Crippen molar-refractivity contribution in [1.29, 1.82) is 0 Å². The SMILES string of the molecule is O=S(=O)(c1ccccc1N1CCOCC1CCl)C(F)F. The first kappa shape index (κ1) is 15.5. The van der Waals surface area contributed by atoms with Crippen molar-refractivity contribution in [2.24, 2.45) is 0 Å². The number of para-hydroxylation sites is 1. The van der Waals surface area contributed by atoms with E-state index in [0.29, 0.717) is 19.8 Å². The van der Waals surface area contributed by atoms with Gasteiger partial charge in [-0.25, -0.2) is 8.42 Å². The quantitative estimate of drug-likeness (QED) is 0.796. The van der Waals surface area contributed by atoms with Crippen LogP contribution in [0.1, 0.15) is 0 Å². The maximum absolute atomic E-state index is 12.8. The molecule has 1 saturated heterocycles. The van der Waals surface area contributed by atoms with Crippen molar-refractivity contribution >= 4 is 27.1 Å². The summed E-state index contributed by atoms with van der Waals surface area (Å²) >= 11 is 5.83. The van der Waals surface area contributed by atoms with Gasteiger partial charge in [0.2, 0.25) is 9.84 Å². The minimum absolute atomic E-state index is 0.225. The molecule has 0 saturated carbocycles. The van der Waals surface area contributed by atoms with Gasteiger partial charge in [-0.05, 0) is 12.1 Å². The Bertz CT molecular complexity index is 568. The summed E-state index contributed by atoms with van der Waals surface area (Å²) in [5, 5.41) is 0. The summed E-state index contributed by atoms with van der Waals surface area (Å²) in [6.07, 6.45) is 0. The van der Waals surface area contributed by atoms with E-state index >= 15 is 0 Å². The molecular formula is C12H14ClF2NO3S. The number of benzene rings is 1. The van der Waals surface area contributed by atoms with Gasteiger partial charge >= 0.3 is 5.76 Å². The summed E-state index contributed by atoms with van der Waals surface area (Å²) < 4.78 is 54.3. The maximum Gasteiger partial charge on any atom is 0.341 e. The Morgan fingerprint density at radius 3 is 2.75 bits per heavy atom. The number of hydrogen-bond donors (Lipinski definition) is 0. The molecule has 1 aromatic rings. The van der Waals surface area contributed by atoms with Gasteiger partial charge in [0.25, 0.3) is 0 Å². The first-order valence-corrected chi connectivity index (χ1v) is 8.08. The molecule has 1 unspecified atom stereocenters. The highest BCUT2D eigenvalue weighted by atomic mass is 35.5. The van der Waals surface area contributed by atoms with E-state index in [-0.39, 0.29) is 22.5 Å². The molecule has 8 heteroatoms. The number of halogens is 3. The number of hydrogen-bond acceptors (Lipinski definition) is 4. The fourth-order valence-corrected chi connectivity index (χ4v) is 3.32. The normalized spacial score (nSPS) is 20.4. The zero-order chi connectivity index (χ0) is 14.8. The minimum atomic E-state index is -4.65. The molecule has 0 aromatic heterocycles. The molecule has 0 radical (unpaired) electrons. The van der Waals surface area contributed by atoms with Crippen LogP contribution in [0.2, 0.25) is 0 Å². The lowest BCUT2D eigenvalue weighted by atomic mass is 10.2. The lowest BCUT2D eigenvalue weighted by Crippen LogP contribution is -2.47. The molecule has 0 aliphatic carbocycles. The number of rotatable bonds is 4. The number of sulfone groups is 1. The number of anilines is 1. The number of nitrogens with zero attached hydrogens (tertiary/aromatic N) is 1. The molecule has 112 valence electrons. The van der Waals surface area contributed by atoms with Crippen LogP contribution in [0, 0.1) is 0 Å². The molecule has 0 amide bonds. The Kier molecular flexibility index (Phi) is 4.82. The van der Waals surface area contributed by atoms with E-state index in [2.05, 4.69) is 0 Å². The van der Waals surface area contributed by atoms with Crippen LogP contribution in [-0.2, 0) is 14.6 Å². The van der Waals surface area contributed by atoms with Crippen LogP contribution in [0.15, 0.2) is 29.2 Å². The van der Waals surface area contributed by atoms with Crippen LogP contribution in [-0.4, -0.2) is 45.9 Å². The summed E-state index contributed by atoms with van der Waals surface area (Å²) in [5.74, 6) is -3.22. The molecule has 4 nitrogen and oxygen atoms in total. The molecule has 1 atom stereocenters. The van der Waals surface area contributed by atoms with E-state index in [9.17, 15) is 17.2 Å². The van der Waals surface area contributed by atoms with E-state index in [4.69, 9.17) is 16.3 Å². The number of ether oxygens (including phenoxy) is 1. The Balaban J connectivity index is 2.47. The van der Waals surface area contributed by atoms with Gasteiger partial charge < -0.3 is 9.64 Å². The summed E-state index contributed by atoms with van der Waals surface area (Å²) in [5.41, 5.74) is 0.252. The molecule has 1 fully saturated rings. The van der Waals surface area contributed by atoms with Gasteiger partial charge in [0.05, 0.1) is 29.8 Å². The zero-order valence-corrected chi connectivity index (χ0v) is 12.1. The van der Waals surface area contributed by atoms with E-state index in [1.54, 1.807) is 11.0 Å². The van der Waals surface area contributed by atoms with Gasteiger partial charge in [-0.2, -0.15) is 8.78 Å². The van der Waals surface area contributed by atoms with Gasteiger partial charge in [0.1, 0.15) is 0 Å². The van der Waals surface area contributed by atoms with Crippen LogP contribution in [0.25, 0.3) is 0 Å². The predicted molar refractivity (Wildman–Crippen MR) is 72.3 cm³/mol. The fourth-order valence-electron chi connectivity index (χ4n) is 2.13. The first-order chi connectivity index (χ1) is 9.48. The molecule has 1 aliphatic rings. The third kappa shape index (κ3) is 2.89. The molecule has 0 spiro atoms. The predicted octanol–water partition coefficient (Wildman–Crippen LogP) is 2.13. The molecular weight excluding hydrogens is 312 g/mol. The zero-order valence-electron chi connectivity index (χ0n) is 10.5. The summed E-state index contributed by atoms with van der Waals surface area (Å²) in [4.78, 5) is 1.35. The second-order valence-corrected chi connectivity index (χ2v) is 6.54. The van der Waals surface area contributed by atoms with E-state index in [0.717, 1.165) is 0 Å². The van der Waals surface area contributed by atoms with Crippen molar-refractivity contribution in [3.05, 3.63) is 24.3 Å². The summed E-state index contributed by atoms with van der Waals surface area (Å²) in [6.45, 7) is 1.15. The summed E-state index contributed by atoms with van der Waals surface area (Å²) in [7, 11) is -4.65. The highest BCUT2D eigenvalue weighted by molar-refractivity contribution is 7.91. The van der Waals surface area contributed by atoms with Crippen LogP contribution in [0.3, 0.4) is 0 Å². The molecule has 2 rings (SSSR count). The number of alkyl halides is 3. The largest absolute Gasteiger partial charge is 0.377 e. The van der Waals surface area contributed by atoms with E-state index in [1.165, 1.54) is 18.2 Å². The third-order valence-corrected chi connectivity index (χ3v) is 4.91. The topological polar surface area (TPSA) is 46.6 Å². The van der Waals surface area contributed by atoms with E-state index < -0.39 is 15.6 Å². The van der Waals surface area contributed by atoms with Crippen LogP contribution in [0.5, 0.6) is 0 Å². The Morgan fingerprint density at radius 1 is 1.40 bits per heavy atom. The lowest BCUT2D eigenvalue weighted by Gasteiger charge is -2.37. The Morgan fingerprint density at radius 2 is 2.10 bits per heavy atom. The van der Waals surface area contributed by atoms with Gasteiger partial charge in [0.15, 0.2) is 0 Å². The third-order valence-electron chi connectivity index (χ3n) is 3.12. The maximum atomic E-state index is 12.8. The van der Waals surface area contributed by atoms with Crippen molar-refractivity contribution in [1.82, 2.24) is 0 Å². The van der Waals surface area contributed by atoms with E-state index in [1.807, 2.05) is 0 Å². The van der Waals surface area contributed by atoms with Crippen LogP contribution < -0.4 is 4.90 Å². The molecule has 1 aromatic carbocycles. The average Bonchev–Trinajstić information content (AvgIpc) is 2.47. The van der Waals surface area contributed by atoms with Crippen molar-refractivity contribution in [3.8, 4) is 0 Å². The van der Waals surface area contributed by atoms with Gasteiger partial charge in [-0.3, -0.25) is 0 Å². The van der Waals surface area contributed by atoms with Gasteiger partial charge in [-0.1, -0.05) is 12.1 Å². The van der Waals surface area contributed by atoms with Crippen molar-refractivity contribution < 1.29 is 21.9 Å². The molecule has 20 heavy (non-hydrogen) atoms. The second kappa shape index (κ2) is 6.24. The Hall–Kier alpha value is -0.920. The molecule has 0 N–H and O–H groups in total. The second-order valence-electron chi connectivity index (χ2n) is 4.35. The molecule has 0 bridgehead atoms. The number of morpholine rings is 1. The minimum Gasteiger partial charge on any atom is -0.377 e. The van der Waals surface area contributed by atoms with Gasteiger partial charge in [0, 0.05) is 12.4 Å². The highest BCUT2D eigenvalue weighted by Crippen LogP contribution is 2.31. The lowest BCUT2D eigenvalue weighted by molar-refractivity contribution is 0.0995. The average molecular weight is 326 g/mol. The standard InChI is InChI=1S/C12H14ClF2NO3S/c13-7-9-8-19-6-5-16(9)10-3-1-2-4-11(10)20(17,18)12(14)15/h1-4,9,12H,5-8H2. The first-order valence-electron chi connectivity index (χ1n) is 6.00. The monoisotopic (exact) mass is 325 g/mol. The van der Waals surface area contributed by atoms with Crippen LogP contribution in [0.4, 0.5) is 14.5 Å². The summed E-state index contributed by atoms with van der Waals surface area (Å²) in [6, 6.07) is 5.51. The highest BCUT2D eigenvalue weighted by Gasteiger charge is 2.33. The van der Waals surface area contributed by atoms with Crippen LogP contribution >= 0.6 is 11.6 Å². The fraction of sp³-hybridized carbons (Fsp3) is 0.500. The smallest absolute Gasteiger partial charge is 0.341 e. The molecule has 1 aliphatic heterocycles.